The largest absolute Gasteiger partial charge is 0.385 e. The summed E-state index contributed by atoms with van der Waals surface area (Å²) in [5, 5.41) is 3.20. The third kappa shape index (κ3) is 3.60. The van der Waals surface area contributed by atoms with Gasteiger partial charge in [0.1, 0.15) is 5.69 Å². The van der Waals surface area contributed by atoms with Crippen molar-refractivity contribution in [2.24, 2.45) is 0 Å². The van der Waals surface area contributed by atoms with Gasteiger partial charge in [-0.05, 0) is 45.0 Å². The standard InChI is InChI=1S/C17H21N3O/c1-4-18-14-10-11-19-16(12-14)17(21)20(5-2)15-8-6-13(3)7-9-15/h6-12H,4-5H2,1-3H3,(H,18,19). The predicted molar refractivity (Wildman–Crippen MR) is 86.9 cm³/mol. The lowest BCUT2D eigenvalue weighted by Crippen LogP contribution is -2.31. The summed E-state index contributed by atoms with van der Waals surface area (Å²) in [6.07, 6.45) is 1.66. The van der Waals surface area contributed by atoms with Gasteiger partial charge in [0.15, 0.2) is 0 Å². The molecule has 0 saturated heterocycles. The van der Waals surface area contributed by atoms with Crippen LogP contribution in [0.2, 0.25) is 0 Å². The number of amides is 1. The van der Waals surface area contributed by atoms with Crippen molar-refractivity contribution in [3.8, 4) is 0 Å². The topological polar surface area (TPSA) is 45.2 Å². The highest BCUT2D eigenvalue weighted by molar-refractivity contribution is 6.05. The molecule has 1 amide bonds. The van der Waals surface area contributed by atoms with Gasteiger partial charge in [0.25, 0.3) is 5.91 Å². The average Bonchev–Trinajstić information content (AvgIpc) is 2.50. The Morgan fingerprint density at radius 1 is 1.19 bits per heavy atom. The highest BCUT2D eigenvalue weighted by atomic mass is 16.2. The second kappa shape index (κ2) is 6.88. The average molecular weight is 283 g/mol. The lowest BCUT2D eigenvalue weighted by molar-refractivity contribution is 0.0983. The van der Waals surface area contributed by atoms with E-state index < -0.39 is 0 Å². The van der Waals surface area contributed by atoms with Gasteiger partial charge in [-0.1, -0.05) is 17.7 Å². The second-order valence-electron chi connectivity index (χ2n) is 4.85. The van der Waals surface area contributed by atoms with Gasteiger partial charge >= 0.3 is 0 Å². The molecule has 2 aromatic rings. The van der Waals surface area contributed by atoms with Crippen molar-refractivity contribution in [3.05, 3.63) is 53.9 Å². The molecule has 1 heterocycles. The Kier molecular flexibility index (Phi) is 4.93. The molecule has 0 aliphatic rings. The number of carbonyl (C=O) groups is 1. The van der Waals surface area contributed by atoms with Gasteiger partial charge in [0.2, 0.25) is 0 Å². The molecule has 4 nitrogen and oxygen atoms in total. The molecular weight excluding hydrogens is 262 g/mol. The SMILES string of the molecule is CCNc1ccnc(C(=O)N(CC)c2ccc(C)cc2)c1. The molecule has 0 aliphatic heterocycles. The van der Waals surface area contributed by atoms with Crippen LogP contribution in [0.3, 0.4) is 0 Å². The number of pyridine rings is 1. The first kappa shape index (κ1) is 15.0. The minimum absolute atomic E-state index is 0.0823. The Hall–Kier alpha value is -2.36. The molecule has 110 valence electrons. The number of rotatable bonds is 5. The van der Waals surface area contributed by atoms with E-state index in [9.17, 15) is 4.79 Å². The molecule has 2 rings (SSSR count). The maximum absolute atomic E-state index is 12.7. The first-order chi connectivity index (χ1) is 10.2. The van der Waals surface area contributed by atoms with Gasteiger partial charge in [-0.3, -0.25) is 9.78 Å². The Balaban J connectivity index is 2.27. The molecule has 0 atom stereocenters. The summed E-state index contributed by atoms with van der Waals surface area (Å²) >= 11 is 0. The van der Waals surface area contributed by atoms with Gasteiger partial charge in [0, 0.05) is 30.7 Å². The Morgan fingerprint density at radius 2 is 1.90 bits per heavy atom. The number of benzene rings is 1. The smallest absolute Gasteiger partial charge is 0.276 e. The van der Waals surface area contributed by atoms with Crippen molar-refractivity contribution < 1.29 is 4.79 Å². The van der Waals surface area contributed by atoms with Crippen LogP contribution >= 0.6 is 0 Å². The minimum Gasteiger partial charge on any atom is -0.385 e. The van der Waals surface area contributed by atoms with E-state index in [1.54, 1.807) is 17.2 Å². The van der Waals surface area contributed by atoms with Crippen molar-refractivity contribution in [2.45, 2.75) is 20.8 Å². The lowest BCUT2D eigenvalue weighted by Gasteiger charge is -2.21. The quantitative estimate of drug-likeness (QED) is 0.913. The third-order valence-corrected chi connectivity index (χ3v) is 3.27. The van der Waals surface area contributed by atoms with Gasteiger partial charge in [-0.2, -0.15) is 0 Å². The van der Waals surface area contributed by atoms with Crippen LogP contribution in [-0.4, -0.2) is 24.0 Å². The molecule has 1 aromatic carbocycles. The van der Waals surface area contributed by atoms with Crippen molar-refractivity contribution in [1.29, 1.82) is 0 Å². The van der Waals surface area contributed by atoms with Gasteiger partial charge in [-0.15, -0.1) is 0 Å². The summed E-state index contributed by atoms with van der Waals surface area (Å²) in [6, 6.07) is 11.6. The Bertz CT molecular complexity index is 608. The van der Waals surface area contributed by atoms with E-state index in [0.29, 0.717) is 12.2 Å². The van der Waals surface area contributed by atoms with Crippen LogP contribution in [0.15, 0.2) is 42.6 Å². The summed E-state index contributed by atoms with van der Waals surface area (Å²) in [5.74, 6) is -0.0823. The Labute approximate surface area is 125 Å². The third-order valence-electron chi connectivity index (χ3n) is 3.27. The lowest BCUT2D eigenvalue weighted by atomic mass is 10.2. The molecule has 4 heteroatoms. The van der Waals surface area contributed by atoms with Crippen molar-refractivity contribution >= 4 is 17.3 Å². The van der Waals surface area contributed by atoms with Crippen LogP contribution in [-0.2, 0) is 0 Å². The fraction of sp³-hybridized carbons (Fsp3) is 0.294. The van der Waals surface area contributed by atoms with Gasteiger partial charge < -0.3 is 10.2 Å². The number of nitrogens with zero attached hydrogens (tertiary/aromatic N) is 2. The van der Waals surface area contributed by atoms with Crippen LogP contribution in [0.4, 0.5) is 11.4 Å². The highest BCUT2D eigenvalue weighted by Gasteiger charge is 2.17. The van der Waals surface area contributed by atoms with Crippen LogP contribution in [0.5, 0.6) is 0 Å². The summed E-state index contributed by atoms with van der Waals surface area (Å²) < 4.78 is 0. The zero-order valence-electron chi connectivity index (χ0n) is 12.8. The van der Waals surface area contributed by atoms with Crippen LogP contribution < -0.4 is 10.2 Å². The fourth-order valence-corrected chi connectivity index (χ4v) is 2.17. The second-order valence-corrected chi connectivity index (χ2v) is 4.85. The molecule has 0 fully saturated rings. The first-order valence-electron chi connectivity index (χ1n) is 7.24. The molecule has 0 unspecified atom stereocenters. The van der Waals surface area contributed by atoms with E-state index in [1.165, 1.54) is 5.56 Å². The summed E-state index contributed by atoms with van der Waals surface area (Å²) in [6.45, 7) is 7.43. The Morgan fingerprint density at radius 3 is 2.52 bits per heavy atom. The summed E-state index contributed by atoms with van der Waals surface area (Å²) in [7, 11) is 0. The normalized spacial score (nSPS) is 10.2. The van der Waals surface area contributed by atoms with Crippen molar-refractivity contribution in [2.75, 3.05) is 23.3 Å². The van der Waals surface area contributed by atoms with E-state index in [0.717, 1.165) is 17.9 Å². The molecule has 0 spiro atoms. The van der Waals surface area contributed by atoms with Crippen LogP contribution in [0, 0.1) is 6.92 Å². The molecule has 0 radical (unpaired) electrons. The molecule has 0 saturated carbocycles. The molecule has 1 N–H and O–H groups in total. The van der Waals surface area contributed by atoms with Gasteiger partial charge in [-0.25, -0.2) is 0 Å². The number of anilines is 2. The maximum Gasteiger partial charge on any atom is 0.276 e. The first-order valence-corrected chi connectivity index (χ1v) is 7.24. The predicted octanol–water partition coefficient (Wildman–Crippen LogP) is 3.49. The number of carbonyl (C=O) groups excluding carboxylic acids is 1. The van der Waals surface area contributed by atoms with Crippen LogP contribution in [0.25, 0.3) is 0 Å². The maximum atomic E-state index is 12.7. The number of aromatic nitrogens is 1. The summed E-state index contributed by atoms with van der Waals surface area (Å²) in [4.78, 5) is 18.6. The molecular formula is C17H21N3O. The highest BCUT2D eigenvalue weighted by Crippen LogP contribution is 2.18. The van der Waals surface area contributed by atoms with Crippen molar-refractivity contribution in [1.82, 2.24) is 4.98 Å². The molecule has 1 aromatic heterocycles. The monoisotopic (exact) mass is 283 g/mol. The molecule has 0 bridgehead atoms. The van der Waals surface area contributed by atoms with E-state index in [1.807, 2.05) is 51.1 Å². The summed E-state index contributed by atoms with van der Waals surface area (Å²) in [5.41, 5.74) is 3.44. The number of nitrogens with one attached hydrogen (secondary N) is 1. The van der Waals surface area contributed by atoms with Crippen molar-refractivity contribution in [3.63, 3.8) is 0 Å². The zero-order chi connectivity index (χ0) is 15.2. The fourth-order valence-electron chi connectivity index (χ4n) is 2.17. The molecule has 21 heavy (non-hydrogen) atoms. The number of hydrogen-bond acceptors (Lipinski definition) is 3. The van der Waals surface area contributed by atoms with E-state index >= 15 is 0 Å². The molecule has 0 aliphatic carbocycles. The minimum atomic E-state index is -0.0823. The van der Waals surface area contributed by atoms with E-state index in [4.69, 9.17) is 0 Å². The number of hydrogen-bond donors (Lipinski definition) is 1. The zero-order valence-corrected chi connectivity index (χ0v) is 12.8. The van der Waals surface area contributed by atoms with E-state index in [2.05, 4.69) is 10.3 Å². The van der Waals surface area contributed by atoms with E-state index in [-0.39, 0.29) is 5.91 Å². The number of aryl methyl sites for hydroxylation is 1. The van der Waals surface area contributed by atoms with Crippen LogP contribution in [0.1, 0.15) is 29.9 Å². The van der Waals surface area contributed by atoms with Gasteiger partial charge in [0.05, 0.1) is 0 Å².